The zero-order chi connectivity index (χ0) is 29.0. The lowest BCUT2D eigenvalue weighted by Crippen LogP contribution is -2.49. The number of hydrogen-bond acceptors (Lipinski definition) is 5. The first-order valence-electron chi connectivity index (χ1n) is 12.7. The number of nitrogens with zero attached hydrogens (tertiary/aromatic N) is 5. The highest BCUT2D eigenvalue weighted by Gasteiger charge is 2.41. The summed E-state index contributed by atoms with van der Waals surface area (Å²) in [7, 11) is 25.1. The van der Waals surface area contributed by atoms with Gasteiger partial charge in [-0.1, -0.05) is 18.2 Å². The lowest BCUT2D eigenvalue weighted by atomic mass is 8.76. The van der Waals surface area contributed by atoms with Crippen LogP contribution in [-0.2, 0) is 4.79 Å². The molecule has 0 N–H and O–H groups in total. The number of hydrogen-bond donors (Lipinski definition) is 0. The molecule has 1 unspecified atom stereocenters. The van der Waals surface area contributed by atoms with Gasteiger partial charge < -0.3 is 14.2 Å². The number of ether oxygens (including phenoxy) is 1. The van der Waals surface area contributed by atoms with Crippen LogP contribution in [0, 0.1) is 12.7 Å². The van der Waals surface area contributed by atoms with E-state index in [2.05, 4.69) is 9.98 Å². The van der Waals surface area contributed by atoms with Gasteiger partial charge in [0.1, 0.15) is 17.3 Å². The van der Waals surface area contributed by atoms with Crippen LogP contribution in [0.2, 0.25) is 0 Å². The first-order valence-corrected chi connectivity index (χ1v) is 12.7. The molecule has 3 heterocycles. The molecule has 1 saturated heterocycles. The van der Waals surface area contributed by atoms with Crippen molar-refractivity contribution in [3.8, 4) is 11.4 Å². The number of fused-ring (bicyclic) bond motifs is 1. The number of aromatic nitrogens is 2. The Hall–Kier alpha value is -3.49. The Morgan fingerprint density at radius 2 is 1.90 bits per heavy atom. The molecule has 1 aromatic heterocycles. The Labute approximate surface area is 241 Å². The van der Waals surface area contributed by atoms with Crippen LogP contribution in [0.15, 0.2) is 65.7 Å². The van der Waals surface area contributed by atoms with Crippen LogP contribution in [-0.4, -0.2) is 103 Å². The lowest BCUT2D eigenvalue weighted by Gasteiger charge is -2.38. The highest BCUT2D eigenvalue weighted by Crippen LogP contribution is 2.35. The highest BCUT2D eigenvalue weighted by molar-refractivity contribution is 7.81. The lowest BCUT2D eigenvalue weighted by molar-refractivity contribution is -0.125. The van der Waals surface area contributed by atoms with Gasteiger partial charge in [-0.15, -0.1) is 0 Å². The number of benzene rings is 2. The number of aliphatic imine (C=N–C) groups is 1. The zero-order valence-corrected chi connectivity index (χ0v) is 22.7. The van der Waals surface area contributed by atoms with Crippen molar-refractivity contribution in [3.63, 3.8) is 0 Å². The predicted octanol–water partition coefficient (Wildman–Crippen LogP) is 1.28. The van der Waals surface area contributed by atoms with Crippen LogP contribution >= 0.6 is 0 Å². The summed E-state index contributed by atoms with van der Waals surface area (Å²) >= 11 is 0. The molecule has 3 aromatic rings. The molecule has 15 heteroatoms. The van der Waals surface area contributed by atoms with E-state index in [0.717, 1.165) is 35.5 Å². The molecule has 0 saturated carbocycles. The van der Waals surface area contributed by atoms with Gasteiger partial charge in [-0.05, 0) is 54.8 Å². The molecule has 1 atom stereocenters. The first kappa shape index (κ1) is 29.5. The largest absolute Gasteiger partial charge is 0.495 e. The number of halogens is 1. The van der Waals surface area contributed by atoms with Crippen LogP contribution in [0.1, 0.15) is 29.3 Å². The molecule has 0 aliphatic carbocycles. The molecule has 7 nitrogen and oxygen atoms in total. The van der Waals surface area contributed by atoms with E-state index in [0.29, 0.717) is 17.4 Å². The van der Waals surface area contributed by atoms with Gasteiger partial charge in [0.25, 0.3) is 5.91 Å². The Balaban J connectivity index is 0.000000470. The quantitative estimate of drug-likeness (QED) is 0.363. The number of aryl methyl sites for hydroxylation is 1. The van der Waals surface area contributed by atoms with Crippen molar-refractivity contribution in [2.24, 2.45) is 4.99 Å². The van der Waals surface area contributed by atoms with Crippen LogP contribution < -0.4 is 4.74 Å². The predicted molar refractivity (Wildman–Crippen MR) is 164 cm³/mol. The molecule has 1 fully saturated rings. The smallest absolute Gasteiger partial charge is 0.279 e. The van der Waals surface area contributed by atoms with Crippen LogP contribution in [0.5, 0.6) is 5.75 Å². The summed E-state index contributed by atoms with van der Waals surface area (Å²) in [6.45, 7) is 2.68. The maximum atomic E-state index is 13.4. The Bertz CT molecular complexity index is 1420. The molecular formula is C25H24B7FN5O2. The third-order valence-electron chi connectivity index (χ3n) is 6.68. The number of rotatable bonds is 6. The standard InChI is InChI=1S/C25H24FN5O2.B7/c1-16-14-30(15-27-16)22-9-4-17(13-23(22)33-3)12-20-24(32)31-21(10-11-29(2)25(31)28-20)18-5-7-19(26)8-6-18;1-5-7(4)6(2)3/h4-9,12-15,21H,10-11H2,1-3H3;/b20-12-;. The maximum Gasteiger partial charge on any atom is 0.279 e. The normalized spacial score (nSPS) is 17.1. The fourth-order valence-corrected chi connectivity index (χ4v) is 4.45. The van der Waals surface area contributed by atoms with Gasteiger partial charge in [0, 0.05) is 70.6 Å². The zero-order valence-electron chi connectivity index (χ0n) is 22.7. The number of carbonyl (C=O) groups excluding carboxylic acids is 1. The first-order chi connectivity index (χ1) is 19.1. The fourth-order valence-electron chi connectivity index (χ4n) is 4.45. The summed E-state index contributed by atoms with van der Waals surface area (Å²) in [6, 6.07) is 11.9. The summed E-state index contributed by atoms with van der Waals surface area (Å²) in [6.07, 6.45) is 5.25. The Kier molecular flexibility index (Phi) is 9.43. The molecule has 2 aliphatic rings. The fraction of sp³-hybridized carbons (Fsp3) is 0.240. The molecule has 1 amide bonds. The number of imidazole rings is 1. The Morgan fingerprint density at radius 3 is 2.48 bits per heavy atom. The summed E-state index contributed by atoms with van der Waals surface area (Å²) < 4.78 is 20.9. The summed E-state index contributed by atoms with van der Waals surface area (Å²) in [4.78, 5) is 26.0. The molecule has 40 heavy (non-hydrogen) atoms. The topological polar surface area (TPSA) is 63.0 Å². The number of methoxy groups -OCH3 is 1. The van der Waals surface area contributed by atoms with Crippen LogP contribution in [0.3, 0.4) is 0 Å². The maximum absolute atomic E-state index is 13.4. The molecule has 2 aromatic carbocycles. The van der Waals surface area contributed by atoms with E-state index >= 15 is 0 Å². The second-order valence-corrected chi connectivity index (χ2v) is 9.59. The number of guanidine groups is 1. The van der Waals surface area contributed by atoms with E-state index in [1.807, 2.05) is 47.8 Å². The van der Waals surface area contributed by atoms with Gasteiger partial charge in [-0.2, -0.15) is 0 Å². The van der Waals surface area contributed by atoms with E-state index in [4.69, 9.17) is 35.7 Å². The van der Waals surface area contributed by atoms with E-state index in [-0.39, 0.29) is 24.2 Å². The average molecular weight is 521 g/mol. The second-order valence-electron chi connectivity index (χ2n) is 9.59. The minimum atomic E-state index is -0.537. The van der Waals surface area contributed by atoms with E-state index in [9.17, 15) is 9.18 Å². The molecule has 0 bridgehead atoms. The van der Waals surface area contributed by atoms with Gasteiger partial charge in [0.15, 0.2) is 0 Å². The highest BCUT2D eigenvalue weighted by atomic mass is 19.1. The SMILES string of the molecule is COc1cc(/C=C2\N=C3N(C)CCC(c4ccc(F)cc4)N3C2=O)ccc1-n1cnc(C)c1.[B][B]B([B])B([B])[B]. The van der Waals surface area contributed by atoms with Crippen LogP contribution in [0.25, 0.3) is 11.8 Å². The third kappa shape index (κ3) is 6.45. The molecular weight excluding hydrogens is 497 g/mol. The van der Waals surface area contributed by atoms with Crippen molar-refractivity contribution in [1.82, 2.24) is 19.4 Å². The summed E-state index contributed by atoms with van der Waals surface area (Å²) in [5, 5.41) is 0. The molecule has 5 rings (SSSR count). The van der Waals surface area contributed by atoms with Gasteiger partial charge in [0.2, 0.25) is 5.96 Å². The average Bonchev–Trinajstić information content (AvgIpc) is 3.53. The molecule has 0 spiro atoms. The van der Waals surface area contributed by atoms with Gasteiger partial charge in [-0.25, -0.2) is 14.4 Å². The molecule has 9 radical (unpaired) electrons. The van der Waals surface area contributed by atoms with Crippen molar-refractivity contribution < 1.29 is 13.9 Å². The van der Waals surface area contributed by atoms with E-state index in [1.165, 1.54) is 19.2 Å². The Morgan fingerprint density at radius 1 is 1.18 bits per heavy atom. The van der Waals surface area contributed by atoms with Crippen molar-refractivity contribution in [2.75, 3.05) is 20.7 Å². The van der Waals surface area contributed by atoms with Gasteiger partial charge in [-0.3, -0.25) is 9.69 Å². The van der Waals surface area contributed by atoms with Gasteiger partial charge >= 0.3 is 0 Å². The van der Waals surface area contributed by atoms with Crippen molar-refractivity contribution in [2.45, 2.75) is 19.4 Å². The third-order valence-corrected chi connectivity index (χ3v) is 6.68. The minimum absolute atomic E-state index is 0.167. The second kappa shape index (κ2) is 12.8. The molecule has 189 valence electrons. The number of carbonyl (C=O) groups is 1. The van der Waals surface area contributed by atoms with Crippen molar-refractivity contribution in [3.05, 3.63) is 83.3 Å². The van der Waals surface area contributed by atoms with Gasteiger partial charge in [0.05, 0.1) is 30.9 Å². The monoisotopic (exact) mass is 522 g/mol. The van der Waals surface area contributed by atoms with E-state index < -0.39 is 6.39 Å². The van der Waals surface area contributed by atoms with Crippen molar-refractivity contribution >= 4 is 68.7 Å². The molecule has 2 aliphatic heterocycles. The minimum Gasteiger partial charge on any atom is -0.495 e. The van der Waals surface area contributed by atoms with E-state index in [1.54, 1.807) is 36.5 Å². The van der Waals surface area contributed by atoms with Crippen LogP contribution in [0.4, 0.5) is 4.39 Å². The van der Waals surface area contributed by atoms with Crippen molar-refractivity contribution in [1.29, 1.82) is 0 Å². The number of amides is 1. The summed E-state index contributed by atoms with van der Waals surface area (Å²) in [5.74, 6) is 0.819. The summed E-state index contributed by atoms with van der Waals surface area (Å²) in [5.41, 5.74) is 3.83.